The zero-order valence-corrected chi connectivity index (χ0v) is 27.9. The largest absolute Gasteiger partial charge is 1.00 e. The third-order valence-electron chi connectivity index (χ3n) is 5.30. The molecule has 1 aromatic rings. The molecule has 238 valence electrons. The lowest BCUT2D eigenvalue weighted by Gasteiger charge is -2.06. The summed E-state index contributed by atoms with van der Waals surface area (Å²) >= 11 is 3.47. The highest BCUT2D eigenvalue weighted by molar-refractivity contribution is 9.09. The van der Waals surface area contributed by atoms with E-state index in [1.54, 1.807) is 0 Å². The second-order valence-electron chi connectivity index (χ2n) is 8.86. The van der Waals surface area contributed by atoms with Crippen molar-refractivity contribution in [1.29, 1.82) is 0 Å². The standard InChI is InChI=1S/C16H25F3NOS.C11H20BrF3OS.BrH/c17-16(18,19)22-15-9-8-14-21-13-7-2-1-4-10-20-11-5-3-6-12-20;12-7-3-1-2-4-8-16-9-5-6-10-17-11(13,14)15;/h3,5-6,11-12H,1-2,4,7-10,13-15H2;1-10H2;1H/q+1;;/p-1. The van der Waals surface area contributed by atoms with Crippen molar-refractivity contribution < 1.29 is 57.4 Å². The summed E-state index contributed by atoms with van der Waals surface area (Å²) < 4.78 is 83.9. The van der Waals surface area contributed by atoms with Crippen molar-refractivity contribution >= 4 is 39.5 Å². The third-order valence-corrected chi connectivity index (χ3v) is 7.50. The van der Waals surface area contributed by atoms with Crippen LogP contribution >= 0.6 is 39.5 Å². The van der Waals surface area contributed by atoms with Crippen molar-refractivity contribution in [2.75, 3.05) is 43.3 Å². The minimum atomic E-state index is -4.10. The molecule has 1 rings (SSSR count). The molecular formula is C27H45Br2F6NO2S2. The lowest BCUT2D eigenvalue weighted by atomic mass is 10.2. The van der Waals surface area contributed by atoms with E-state index in [0.717, 1.165) is 50.6 Å². The van der Waals surface area contributed by atoms with Gasteiger partial charge in [0.25, 0.3) is 0 Å². The minimum absolute atomic E-state index is 0. The Morgan fingerprint density at radius 2 is 0.950 bits per heavy atom. The lowest BCUT2D eigenvalue weighted by Crippen LogP contribution is -3.00. The predicted molar refractivity (Wildman–Crippen MR) is 154 cm³/mol. The van der Waals surface area contributed by atoms with Crippen LogP contribution in [-0.2, 0) is 16.0 Å². The number of pyridine rings is 1. The Kier molecular flexibility index (Phi) is 31.2. The molecule has 1 heterocycles. The van der Waals surface area contributed by atoms with Crippen molar-refractivity contribution in [1.82, 2.24) is 0 Å². The van der Waals surface area contributed by atoms with E-state index in [0.29, 0.717) is 45.5 Å². The summed E-state index contributed by atoms with van der Waals surface area (Å²) in [6, 6.07) is 6.07. The summed E-state index contributed by atoms with van der Waals surface area (Å²) in [6.07, 6.45) is 15.8. The normalized spacial score (nSPS) is 11.6. The van der Waals surface area contributed by atoms with Gasteiger partial charge in [0.1, 0.15) is 6.54 Å². The number of aromatic nitrogens is 1. The van der Waals surface area contributed by atoms with Gasteiger partial charge in [-0.05, 0) is 51.4 Å². The average Bonchev–Trinajstić information content (AvgIpc) is 2.87. The fraction of sp³-hybridized carbons (Fsp3) is 0.815. The molecule has 0 saturated carbocycles. The molecule has 0 N–H and O–H groups in total. The number of unbranched alkanes of at least 4 members (excludes halogenated alkanes) is 8. The number of rotatable bonds is 23. The summed E-state index contributed by atoms with van der Waals surface area (Å²) in [4.78, 5) is 0. The minimum Gasteiger partial charge on any atom is -1.00 e. The molecule has 0 atom stereocenters. The smallest absolute Gasteiger partial charge is 0.441 e. The summed E-state index contributed by atoms with van der Waals surface area (Å²) in [6.45, 7) is 3.63. The number of nitrogens with zero attached hydrogens (tertiary/aromatic N) is 1. The molecule has 0 aliphatic rings. The average molecular weight is 754 g/mol. The molecule has 0 unspecified atom stereocenters. The molecule has 0 saturated heterocycles. The van der Waals surface area contributed by atoms with Crippen LogP contribution in [0.25, 0.3) is 0 Å². The topological polar surface area (TPSA) is 22.3 Å². The zero-order valence-electron chi connectivity index (χ0n) is 23.1. The molecule has 0 aromatic carbocycles. The van der Waals surface area contributed by atoms with Gasteiger partial charge in [-0.1, -0.05) is 64.8 Å². The molecule has 0 amide bonds. The molecule has 0 spiro atoms. The Hall–Kier alpha value is 0.310. The van der Waals surface area contributed by atoms with E-state index in [9.17, 15) is 26.3 Å². The Bertz CT molecular complexity index is 648. The SMILES string of the molecule is FC(F)(F)SCCCCOCCCCCCBr.FC(F)(F)SCCCCOCCCCCC[n+]1ccccc1.[Br-]. The third kappa shape index (κ3) is 36.3. The van der Waals surface area contributed by atoms with E-state index in [4.69, 9.17) is 9.47 Å². The molecule has 0 radical (unpaired) electrons. The van der Waals surface area contributed by atoms with E-state index in [1.165, 1.54) is 19.3 Å². The van der Waals surface area contributed by atoms with Crippen LogP contribution in [-0.4, -0.2) is 54.3 Å². The van der Waals surface area contributed by atoms with E-state index < -0.39 is 11.0 Å². The second kappa shape index (κ2) is 29.4. The molecular weight excluding hydrogens is 708 g/mol. The van der Waals surface area contributed by atoms with Gasteiger partial charge in [-0.15, -0.1) is 0 Å². The summed E-state index contributed by atoms with van der Waals surface area (Å²) in [5.41, 5.74) is -8.19. The first kappa shape index (κ1) is 42.4. The number of hydrogen-bond acceptors (Lipinski definition) is 4. The molecule has 0 bridgehead atoms. The predicted octanol–water partition coefficient (Wildman–Crippen LogP) is 6.58. The number of aryl methyl sites for hydroxylation is 1. The fourth-order valence-corrected chi connectivity index (χ4v) is 4.84. The van der Waals surface area contributed by atoms with Crippen LogP contribution < -0.4 is 21.5 Å². The Morgan fingerprint density at radius 3 is 1.38 bits per heavy atom. The number of thioether (sulfide) groups is 2. The van der Waals surface area contributed by atoms with Crippen LogP contribution in [0, 0.1) is 0 Å². The zero-order chi connectivity index (χ0) is 29.1. The maximum atomic E-state index is 11.9. The Labute approximate surface area is 264 Å². The molecule has 0 aliphatic heterocycles. The van der Waals surface area contributed by atoms with E-state index in [-0.39, 0.29) is 52.0 Å². The van der Waals surface area contributed by atoms with Crippen molar-refractivity contribution in [3.63, 3.8) is 0 Å². The Morgan fingerprint density at radius 1 is 0.550 bits per heavy atom. The Balaban J connectivity index is 0. The van der Waals surface area contributed by atoms with Gasteiger partial charge in [-0.2, -0.15) is 26.3 Å². The molecule has 0 fully saturated rings. The van der Waals surface area contributed by atoms with Gasteiger partial charge in [-0.25, -0.2) is 4.57 Å². The summed E-state index contributed by atoms with van der Waals surface area (Å²) in [7, 11) is 0. The first-order chi connectivity index (χ1) is 18.6. The first-order valence-electron chi connectivity index (χ1n) is 13.7. The second-order valence-corrected chi connectivity index (χ2v) is 12.0. The van der Waals surface area contributed by atoms with Crippen LogP contribution in [0.2, 0.25) is 0 Å². The van der Waals surface area contributed by atoms with Gasteiger partial charge >= 0.3 is 11.0 Å². The fourth-order valence-electron chi connectivity index (χ4n) is 3.28. The van der Waals surface area contributed by atoms with E-state index >= 15 is 0 Å². The molecule has 13 heteroatoms. The quantitative estimate of drug-likeness (QED) is 0.0546. The molecule has 0 aliphatic carbocycles. The van der Waals surface area contributed by atoms with Crippen LogP contribution in [0.1, 0.15) is 77.0 Å². The monoisotopic (exact) mass is 751 g/mol. The van der Waals surface area contributed by atoms with Crippen molar-refractivity contribution in [3.8, 4) is 0 Å². The van der Waals surface area contributed by atoms with Crippen LogP contribution in [0.4, 0.5) is 26.3 Å². The van der Waals surface area contributed by atoms with Gasteiger partial charge in [0, 0.05) is 61.8 Å². The van der Waals surface area contributed by atoms with E-state index in [1.807, 2.05) is 18.2 Å². The van der Waals surface area contributed by atoms with Gasteiger partial charge < -0.3 is 26.5 Å². The van der Waals surface area contributed by atoms with Gasteiger partial charge in [0.15, 0.2) is 12.4 Å². The van der Waals surface area contributed by atoms with Crippen LogP contribution in [0.15, 0.2) is 30.6 Å². The van der Waals surface area contributed by atoms with Crippen LogP contribution in [0.3, 0.4) is 0 Å². The van der Waals surface area contributed by atoms with Gasteiger partial charge in [0.05, 0.1) is 0 Å². The first-order valence-corrected chi connectivity index (χ1v) is 16.8. The number of hydrogen-bond donors (Lipinski definition) is 0. The molecule has 1 aromatic heterocycles. The highest BCUT2D eigenvalue weighted by Gasteiger charge is 2.27. The van der Waals surface area contributed by atoms with Gasteiger partial charge in [-0.3, -0.25) is 0 Å². The van der Waals surface area contributed by atoms with Crippen LogP contribution in [0.5, 0.6) is 0 Å². The van der Waals surface area contributed by atoms with Gasteiger partial charge in [0.2, 0.25) is 0 Å². The van der Waals surface area contributed by atoms with Crippen molar-refractivity contribution in [2.24, 2.45) is 0 Å². The maximum Gasteiger partial charge on any atom is 0.441 e. The highest BCUT2D eigenvalue weighted by Crippen LogP contribution is 2.31. The number of ether oxygens (including phenoxy) is 2. The summed E-state index contributed by atoms with van der Waals surface area (Å²) in [5, 5.41) is 1.05. The highest BCUT2D eigenvalue weighted by atomic mass is 79.9. The number of halogens is 8. The van der Waals surface area contributed by atoms with E-state index in [2.05, 4.69) is 32.9 Å². The molecule has 40 heavy (non-hydrogen) atoms. The number of alkyl halides is 7. The maximum absolute atomic E-state index is 11.9. The summed E-state index contributed by atoms with van der Waals surface area (Å²) in [5.74, 6) is 0.266. The van der Waals surface area contributed by atoms with Crippen molar-refractivity contribution in [2.45, 2.75) is 94.6 Å². The lowest BCUT2D eigenvalue weighted by molar-refractivity contribution is -0.697. The van der Waals surface area contributed by atoms with Crippen molar-refractivity contribution in [3.05, 3.63) is 30.6 Å². The molecule has 3 nitrogen and oxygen atoms in total.